The topological polar surface area (TPSA) is 59.8 Å². The van der Waals surface area contributed by atoms with Gasteiger partial charge in [-0.15, -0.1) is 10.2 Å². The number of hydrogen-bond donors (Lipinski definition) is 1. The summed E-state index contributed by atoms with van der Waals surface area (Å²) in [4.78, 5) is 12.0. The highest BCUT2D eigenvalue weighted by molar-refractivity contribution is 7.99. The number of hydrogen-bond acceptors (Lipinski definition) is 4. The predicted molar refractivity (Wildman–Crippen MR) is 90.2 cm³/mol. The van der Waals surface area contributed by atoms with E-state index in [-0.39, 0.29) is 23.3 Å². The van der Waals surface area contributed by atoms with Gasteiger partial charge in [0, 0.05) is 12.5 Å². The summed E-state index contributed by atoms with van der Waals surface area (Å²) in [5.74, 6) is 0.646. The lowest BCUT2D eigenvalue weighted by molar-refractivity contribution is -0.113. The number of carbonyl (C=O) groups is 1. The minimum absolute atomic E-state index is 0.161. The van der Waals surface area contributed by atoms with E-state index in [4.69, 9.17) is 0 Å². The summed E-state index contributed by atoms with van der Waals surface area (Å²) in [7, 11) is 0. The van der Waals surface area contributed by atoms with E-state index in [2.05, 4.69) is 36.3 Å². The SMILES string of the molecule is CCCn1c(SCC(=O)Nc2ccccc2F)nnc1C(C)C. The maximum atomic E-state index is 13.5. The lowest BCUT2D eigenvalue weighted by atomic mass is 10.2. The van der Waals surface area contributed by atoms with E-state index in [1.54, 1.807) is 12.1 Å². The Bertz CT molecular complexity index is 672. The molecule has 0 aliphatic carbocycles. The van der Waals surface area contributed by atoms with Crippen LogP contribution in [0.3, 0.4) is 0 Å². The van der Waals surface area contributed by atoms with Crippen LogP contribution in [0, 0.1) is 5.82 Å². The molecule has 23 heavy (non-hydrogen) atoms. The van der Waals surface area contributed by atoms with Crippen molar-refractivity contribution in [2.75, 3.05) is 11.1 Å². The van der Waals surface area contributed by atoms with E-state index in [9.17, 15) is 9.18 Å². The molecule has 0 aliphatic heterocycles. The summed E-state index contributed by atoms with van der Waals surface area (Å²) in [5, 5.41) is 11.7. The average molecular weight is 336 g/mol. The van der Waals surface area contributed by atoms with Gasteiger partial charge in [-0.3, -0.25) is 4.79 Å². The highest BCUT2D eigenvalue weighted by atomic mass is 32.2. The first-order chi connectivity index (χ1) is 11.0. The van der Waals surface area contributed by atoms with Crippen LogP contribution in [0.25, 0.3) is 0 Å². The number of anilines is 1. The van der Waals surface area contributed by atoms with E-state index < -0.39 is 5.82 Å². The first-order valence-corrected chi connectivity index (χ1v) is 8.61. The largest absolute Gasteiger partial charge is 0.323 e. The second-order valence-corrected chi connectivity index (χ2v) is 6.41. The Labute approximate surface area is 139 Å². The molecule has 1 amide bonds. The lowest BCUT2D eigenvalue weighted by Gasteiger charge is -2.10. The Balaban J connectivity index is 2.00. The zero-order valence-corrected chi connectivity index (χ0v) is 14.4. The Morgan fingerprint density at radius 2 is 2.09 bits per heavy atom. The fraction of sp³-hybridized carbons (Fsp3) is 0.438. The van der Waals surface area contributed by atoms with Crippen LogP contribution >= 0.6 is 11.8 Å². The number of aromatic nitrogens is 3. The van der Waals surface area contributed by atoms with Crippen LogP contribution in [0.15, 0.2) is 29.4 Å². The standard InChI is InChI=1S/C16H21FN4OS/c1-4-9-21-15(11(2)3)19-20-16(21)23-10-14(22)18-13-8-6-5-7-12(13)17/h5-8,11H,4,9-10H2,1-3H3,(H,18,22). The highest BCUT2D eigenvalue weighted by Crippen LogP contribution is 2.22. The summed E-state index contributed by atoms with van der Waals surface area (Å²) >= 11 is 1.31. The number of benzene rings is 1. The maximum absolute atomic E-state index is 13.5. The molecule has 0 atom stereocenters. The van der Waals surface area contributed by atoms with Crippen LogP contribution in [-0.2, 0) is 11.3 Å². The monoisotopic (exact) mass is 336 g/mol. The van der Waals surface area contributed by atoms with Crippen LogP contribution in [0.2, 0.25) is 0 Å². The van der Waals surface area contributed by atoms with Crippen molar-refractivity contribution in [3.05, 3.63) is 35.9 Å². The number of rotatable bonds is 7. The molecule has 1 aromatic carbocycles. The molecule has 1 aromatic heterocycles. The Morgan fingerprint density at radius 3 is 2.74 bits per heavy atom. The fourth-order valence-electron chi connectivity index (χ4n) is 2.15. The van der Waals surface area contributed by atoms with Crippen molar-refractivity contribution in [1.82, 2.24) is 14.8 Å². The van der Waals surface area contributed by atoms with Crippen molar-refractivity contribution in [2.24, 2.45) is 0 Å². The zero-order chi connectivity index (χ0) is 16.8. The molecular formula is C16H21FN4OS. The third kappa shape index (κ3) is 4.54. The van der Waals surface area contributed by atoms with Crippen LogP contribution in [-0.4, -0.2) is 26.4 Å². The molecule has 124 valence electrons. The van der Waals surface area contributed by atoms with Gasteiger partial charge in [0.05, 0.1) is 11.4 Å². The van der Waals surface area contributed by atoms with E-state index in [1.165, 1.54) is 23.9 Å². The molecule has 0 fully saturated rings. The summed E-state index contributed by atoms with van der Waals surface area (Å²) in [6.07, 6.45) is 0.965. The van der Waals surface area contributed by atoms with Crippen LogP contribution in [0.5, 0.6) is 0 Å². The molecule has 0 saturated carbocycles. The molecule has 0 aliphatic rings. The molecule has 2 rings (SSSR count). The van der Waals surface area contributed by atoms with Crippen molar-refractivity contribution >= 4 is 23.4 Å². The second-order valence-electron chi connectivity index (χ2n) is 5.46. The number of amides is 1. The lowest BCUT2D eigenvalue weighted by Crippen LogP contribution is -2.15. The molecule has 5 nitrogen and oxygen atoms in total. The summed E-state index contributed by atoms with van der Waals surface area (Å²) in [6.45, 7) is 7.03. The number of nitrogens with one attached hydrogen (secondary N) is 1. The Kier molecular flexibility index (Phi) is 6.15. The zero-order valence-electron chi connectivity index (χ0n) is 13.5. The molecule has 0 radical (unpaired) electrons. The number of para-hydroxylation sites is 1. The van der Waals surface area contributed by atoms with Crippen molar-refractivity contribution in [3.63, 3.8) is 0 Å². The molecule has 0 spiro atoms. The number of carbonyl (C=O) groups excluding carboxylic acids is 1. The van der Waals surface area contributed by atoms with Gasteiger partial charge in [-0.25, -0.2) is 4.39 Å². The van der Waals surface area contributed by atoms with E-state index in [0.29, 0.717) is 0 Å². The molecule has 0 unspecified atom stereocenters. The fourth-order valence-corrected chi connectivity index (χ4v) is 2.92. The summed E-state index contributed by atoms with van der Waals surface area (Å²) < 4.78 is 15.6. The first-order valence-electron chi connectivity index (χ1n) is 7.63. The second kappa shape index (κ2) is 8.10. The Morgan fingerprint density at radius 1 is 1.35 bits per heavy atom. The third-order valence-corrected chi connectivity index (χ3v) is 4.16. The molecule has 2 aromatic rings. The molecule has 7 heteroatoms. The van der Waals surface area contributed by atoms with Crippen LogP contribution in [0.4, 0.5) is 10.1 Å². The molecular weight excluding hydrogens is 315 g/mol. The van der Waals surface area contributed by atoms with Gasteiger partial charge in [0.25, 0.3) is 0 Å². The predicted octanol–water partition coefficient (Wildman–Crippen LogP) is 3.68. The average Bonchev–Trinajstić information content (AvgIpc) is 2.91. The van der Waals surface area contributed by atoms with Crippen LogP contribution in [0.1, 0.15) is 38.9 Å². The minimum atomic E-state index is -0.443. The van der Waals surface area contributed by atoms with Gasteiger partial charge in [0.2, 0.25) is 5.91 Å². The van der Waals surface area contributed by atoms with Crippen molar-refractivity contribution < 1.29 is 9.18 Å². The minimum Gasteiger partial charge on any atom is -0.323 e. The van der Waals surface area contributed by atoms with Gasteiger partial charge in [-0.1, -0.05) is 44.7 Å². The summed E-state index contributed by atoms with van der Waals surface area (Å²) in [6, 6.07) is 6.11. The van der Waals surface area contributed by atoms with Crippen LogP contribution < -0.4 is 5.32 Å². The van der Waals surface area contributed by atoms with Gasteiger partial charge in [0.1, 0.15) is 11.6 Å². The van der Waals surface area contributed by atoms with Gasteiger partial charge in [-0.05, 0) is 18.6 Å². The summed E-state index contributed by atoms with van der Waals surface area (Å²) in [5.41, 5.74) is 0.191. The number of nitrogens with zero attached hydrogens (tertiary/aromatic N) is 3. The molecule has 0 bridgehead atoms. The number of thioether (sulfide) groups is 1. The first kappa shape index (κ1) is 17.5. The highest BCUT2D eigenvalue weighted by Gasteiger charge is 2.16. The molecule has 0 saturated heterocycles. The van der Waals surface area contributed by atoms with Gasteiger partial charge < -0.3 is 9.88 Å². The molecule has 1 N–H and O–H groups in total. The smallest absolute Gasteiger partial charge is 0.234 e. The van der Waals surface area contributed by atoms with Crippen molar-refractivity contribution in [2.45, 2.75) is 44.8 Å². The third-order valence-electron chi connectivity index (χ3n) is 3.19. The Hall–Kier alpha value is -1.89. The normalized spacial score (nSPS) is 11.0. The van der Waals surface area contributed by atoms with E-state index in [1.807, 2.05) is 4.57 Å². The molecule has 1 heterocycles. The quantitative estimate of drug-likeness (QED) is 0.784. The van der Waals surface area contributed by atoms with Gasteiger partial charge in [-0.2, -0.15) is 0 Å². The van der Waals surface area contributed by atoms with Gasteiger partial charge >= 0.3 is 0 Å². The maximum Gasteiger partial charge on any atom is 0.234 e. The number of halogens is 1. The van der Waals surface area contributed by atoms with Crippen molar-refractivity contribution in [3.8, 4) is 0 Å². The van der Waals surface area contributed by atoms with E-state index in [0.717, 1.165) is 23.9 Å². The van der Waals surface area contributed by atoms with Crippen molar-refractivity contribution in [1.29, 1.82) is 0 Å². The van der Waals surface area contributed by atoms with Gasteiger partial charge in [0.15, 0.2) is 5.16 Å². The van der Waals surface area contributed by atoms with E-state index >= 15 is 0 Å².